The number of nitrogens with two attached hydrogens (primary N) is 1. The average Bonchev–Trinajstić information content (AvgIpc) is 2.47. The molecule has 3 heteroatoms. The van der Waals surface area contributed by atoms with Crippen LogP contribution in [-0.2, 0) is 0 Å². The summed E-state index contributed by atoms with van der Waals surface area (Å²) in [4.78, 5) is 2.34. The Kier molecular flexibility index (Phi) is 4.56. The molecule has 1 aliphatic rings. The number of anilines is 2. The van der Waals surface area contributed by atoms with Crippen molar-refractivity contribution >= 4 is 11.4 Å². The van der Waals surface area contributed by atoms with Gasteiger partial charge in [0.1, 0.15) is 5.75 Å². The Morgan fingerprint density at radius 2 is 1.95 bits per heavy atom. The van der Waals surface area contributed by atoms with Crippen LogP contribution in [-0.4, -0.2) is 20.2 Å². The summed E-state index contributed by atoms with van der Waals surface area (Å²) in [7, 11) is 3.82. The summed E-state index contributed by atoms with van der Waals surface area (Å²) in [6.45, 7) is 2.30. The zero-order valence-electron chi connectivity index (χ0n) is 12.4. The summed E-state index contributed by atoms with van der Waals surface area (Å²) in [5.74, 6) is 1.69. The van der Waals surface area contributed by atoms with Crippen LogP contribution in [0.3, 0.4) is 0 Å². The van der Waals surface area contributed by atoms with E-state index in [-0.39, 0.29) is 0 Å². The van der Waals surface area contributed by atoms with E-state index in [9.17, 15) is 0 Å². The third kappa shape index (κ3) is 2.96. The minimum atomic E-state index is 0.609. The van der Waals surface area contributed by atoms with Crippen LogP contribution < -0.4 is 15.4 Å². The molecule has 1 aliphatic carbocycles. The van der Waals surface area contributed by atoms with Crippen molar-refractivity contribution in [3.8, 4) is 5.75 Å². The summed E-state index contributed by atoms with van der Waals surface area (Å²) in [5, 5.41) is 0. The molecular formula is C16H26N2O. The van der Waals surface area contributed by atoms with Crippen LogP contribution in [0, 0.1) is 5.92 Å². The van der Waals surface area contributed by atoms with Crippen molar-refractivity contribution in [3.05, 3.63) is 18.2 Å². The Labute approximate surface area is 116 Å². The molecule has 2 rings (SSSR count). The number of para-hydroxylation sites is 1. The van der Waals surface area contributed by atoms with Crippen molar-refractivity contribution in [3.63, 3.8) is 0 Å². The maximum Gasteiger partial charge on any atom is 0.143 e. The molecule has 106 valence electrons. The van der Waals surface area contributed by atoms with Gasteiger partial charge in [-0.15, -0.1) is 0 Å². The number of hydrogen-bond donors (Lipinski definition) is 1. The molecule has 3 nitrogen and oxygen atoms in total. The Bertz CT molecular complexity index is 411. The molecule has 0 heterocycles. The van der Waals surface area contributed by atoms with Crippen LogP contribution in [0.4, 0.5) is 11.4 Å². The predicted octanol–water partition coefficient (Wildman–Crippen LogP) is 3.68. The maximum atomic E-state index is 6.19. The summed E-state index contributed by atoms with van der Waals surface area (Å²) < 4.78 is 5.31. The predicted molar refractivity (Wildman–Crippen MR) is 81.8 cm³/mol. The molecule has 0 aromatic heterocycles. The maximum absolute atomic E-state index is 6.19. The van der Waals surface area contributed by atoms with Gasteiger partial charge in [0.25, 0.3) is 0 Å². The van der Waals surface area contributed by atoms with Crippen molar-refractivity contribution < 1.29 is 4.74 Å². The first kappa shape index (κ1) is 14.0. The van der Waals surface area contributed by atoms with Gasteiger partial charge in [-0.3, -0.25) is 0 Å². The first-order chi connectivity index (χ1) is 9.17. The summed E-state index contributed by atoms with van der Waals surface area (Å²) in [6.07, 6.45) is 6.54. The minimum Gasteiger partial charge on any atom is -0.495 e. The number of nitrogens with zero attached hydrogens (tertiary/aromatic N) is 1. The Balaban J connectivity index is 2.10. The van der Waals surface area contributed by atoms with Crippen LogP contribution in [0.25, 0.3) is 0 Å². The van der Waals surface area contributed by atoms with Gasteiger partial charge in [-0.25, -0.2) is 0 Å². The van der Waals surface area contributed by atoms with Gasteiger partial charge < -0.3 is 15.4 Å². The molecule has 0 amide bonds. The largest absolute Gasteiger partial charge is 0.495 e. The van der Waals surface area contributed by atoms with Crippen LogP contribution in [0.2, 0.25) is 0 Å². The number of rotatable bonds is 4. The average molecular weight is 262 g/mol. The number of hydrogen-bond acceptors (Lipinski definition) is 3. The van der Waals surface area contributed by atoms with Crippen LogP contribution in [0.1, 0.15) is 39.0 Å². The number of ether oxygens (including phenoxy) is 1. The second-order valence-electron chi connectivity index (χ2n) is 5.59. The molecule has 1 fully saturated rings. The molecule has 2 N–H and O–H groups in total. The van der Waals surface area contributed by atoms with Crippen molar-refractivity contribution in [1.29, 1.82) is 0 Å². The molecule has 1 aromatic rings. The van der Waals surface area contributed by atoms with E-state index in [1.165, 1.54) is 32.1 Å². The van der Waals surface area contributed by atoms with E-state index < -0.39 is 0 Å². The molecule has 0 atom stereocenters. The lowest BCUT2D eigenvalue weighted by Crippen LogP contribution is -2.35. The number of methoxy groups -OCH3 is 1. The van der Waals surface area contributed by atoms with Gasteiger partial charge in [0.15, 0.2) is 0 Å². The van der Waals surface area contributed by atoms with Crippen molar-refractivity contribution in [1.82, 2.24) is 0 Å². The van der Waals surface area contributed by atoms with Gasteiger partial charge in [-0.05, 0) is 43.7 Å². The zero-order chi connectivity index (χ0) is 13.8. The summed E-state index contributed by atoms with van der Waals surface area (Å²) >= 11 is 0. The first-order valence-corrected chi connectivity index (χ1v) is 7.32. The van der Waals surface area contributed by atoms with Crippen LogP contribution in [0.5, 0.6) is 5.75 Å². The Hall–Kier alpha value is -1.38. The zero-order valence-corrected chi connectivity index (χ0v) is 12.4. The van der Waals surface area contributed by atoms with Crippen molar-refractivity contribution in [2.45, 2.75) is 45.1 Å². The molecule has 1 aromatic carbocycles. The highest BCUT2D eigenvalue weighted by Crippen LogP contribution is 2.36. The second kappa shape index (κ2) is 6.18. The van der Waals surface area contributed by atoms with E-state index in [1.54, 1.807) is 7.11 Å². The van der Waals surface area contributed by atoms with Gasteiger partial charge in [0.2, 0.25) is 0 Å². The van der Waals surface area contributed by atoms with E-state index in [2.05, 4.69) is 24.9 Å². The van der Waals surface area contributed by atoms with Gasteiger partial charge in [-0.2, -0.15) is 0 Å². The van der Waals surface area contributed by atoms with Crippen LogP contribution >= 0.6 is 0 Å². The minimum absolute atomic E-state index is 0.609. The van der Waals surface area contributed by atoms with Gasteiger partial charge in [0, 0.05) is 13.1 Å². The van der Waals surface area contributed by atoms with Crippen LogP contribution in [0.15, 0.2) is 18.2 Å². The van der Waals surface area contributed by atoms with Gasteiger partial charge >= 0.3 is 0 Å². The summed E-state index contributed by atoms with van der Waals surface area (Å²) in [6, 6.07) is 6.63. The normalized spacial score (nSPS) is 23.1. The standard InChI is InChI=1S/C16H26N2O/c1-4-12-8-10-13(11-9-12)18(2)14-6-5-7-15(19-3)16(14)17/h5-7,12-13H,4,8-11,17H2,1-3H3. The van der Waals surface area contributed by atoms with Gasteiger partial charge in [0.05, 0.1) is 18.5 Å². The van der Waals surface area contributed by atoms with E-state index >= 15 is 0 Å². The fourth-order valence-electron chi connectivity index (χ4n) is 3.16. The molecule has 0 aliphatic heterocycles. The smallest absolute Gasteiger partial charge is 0.143 e. The molecule has 19 heavy (non-hydrogen) atoms. The molecule has 0 saturated heterocycles. The highest BCUT2D eigenvalue weighted by atomic mass is 16.5. The Morgan fingerprint density at radius 3 is 2.53 bits per heavy atom. The highest BCUT2D eigenvalue weighted by molar-refractivity contribution is 5.74. The second-order valence-corrected chi connectivity index (χ2v) is 5.59. The molecular weight excluding hydrogens is 236 g/mol. The monoisotopic (exact) mass is 262 g/mol. The SMILES string of the molecule is CCC1CCC(N(C)c2cccc(OC)c2N)CC1. The van der Waals surface area contributed by atoms with E-state index in [4.69, 9.17) is 10.5 Å². The highest BCUT2D eigenvalue weighted by Gasteiger charge is 2.24. The third-order valence-electron chi connectivity index (χ3n) is 4.58. The lowest BCUT2D eigenvalue weighted by atomic mass is 9.84. The van der Waals surface area contributed by atoms with Crippen molar-refractivity contribution in [2.75, 3.05) is 24.8 Å². The number of benzene rings is 1. The molecule has 1 saturated carbocycles. The fourth-order valence-corrected chi connectivity index (χ4v) is 3.16. The molecule has 0 spiro atoms. The number of nitrogen functional groups attached to an aromatic ring is 1. The fraction of sp³-hybridized carbons (Fsp3) is 0.625. The molecule has 0 bridgehead atoms. The summed E-state index contributed by atoms with van der Waals surface area (Å²) in [5.41, 5.74) is 8.04. The third-order valence-corrected chi connectivity index (χ3v) is 4.58. The quantitative estimate of drug-likeness (QED) is 0.841. The van der Waals surface area contributed by atoms with E-state index in [0.29, 0.717) is 6.04 Å². The lowest BCUT2D eigenvalue weighted by molar-refractivity contribution is 0.313. The van der Waals surface area contributed by atoms with E-state index in [1.807, 2.05) is 12.1 Å². The Morgan fingerprint density at radius 1 is 1.26 bits per heavy atom. The lowest BCUT2D eigenvalue weighted by Gasteiger charge is -2.36. The van der Waals surface area contributed by atoms with Crippen molar-refractivity contribution in [2.24, 2.45) is 5.92 Å². The van der Waals surface area contributed by atoms with E-state index in [0.717, 1.165) is 23.0 Å². The molecule has 0 radical (unpaired) electrons. The van der Waals surface area contributed by atoms with Gasteiger partial charge in [-0.1, -0.05) is 19.4 Å². The topological polar surface area (TPSA) is 38.5 Å². The molecule has 0 unspecified atom stereocenters. The first-order valence-electron chi connectivity index (χ1n) is 7.32.